The molecule has 0 saturated carbocycles. The number of benzene rings is 9. The van der Waals surface area contributed by atoms with Gasteiger partial charge in [0.25, 0.3) is 0 Å². The van der Waals surface area contributed by atoms with Crippen molar-refractivity contribution in [3.8, 4) is 44.9 Å². The molecule has 0 saturated heterocycles. The molecule has 0 amide bonds. The third-order valence-corrected chi connectivity index (χ3v) is 23.7. The van der Waals surface area contributed by atoms with Gasteiger partial charge in [-0.15, -0.1) is 0 Å². The van der Waals surface area contributed by atoms with E-state index in [2.05, 4.69) is 327 Å². The van der Waals surface area contributed by atoms with Crippen LogP contribution in [0.5, 0.6) is 11.5 Å². The van der Waals surface area contributed by atoms with Gasteiger partial charge < -0.3 is 14.5 Å². The van der Waals surface area contributed by atoms with Crippen LogP contribution in [0, 0.1) is 13.8 Å². The highest BCUT2D eigenvalue weighted by Gasteiger charge is 2.54. The topological polar surface area (TPSA) is 31.8 Å². The molecule has 5 nitrogen and oxygen atoms in total. The number of fused-ring (bicyclic) bond motifs is 10. The van der Waals surface area contributed by atoms with E-state index >= 15 is 0 Å². The smallest absolute Gasteiger partial charge is 0.185 e. The third-order valence-electron chi connectivity index (χ3n) is 18.8. The monoisotopic (exact) mass is 1170 g/mol. The van der Waals surface area contributed by atoms with Gasteiger partial charge in [0.15, 0.2) is 8.07 Å². The summed E-state index contributed by atoms with van der Waals surface area (Å²) in [5.74, 6) is 2.43. The Balaban J connectivity index is 0.965. The van der Waals surface area contributed by atoms with Crippen LogP contribution in [0.15, 0.2) is 200 Å². The number of rotatable bonds is 7. The van der Waals surface area contributed by atoms with Gasteiger partial charge in [-0.2, -0.15) is 0 Å². The number of nitrogens with zero attached hydrogens (tertiary/aromatic N) is 4. The number of aromatic nitrogens is 1. The summed E-state index contributed by atoms with van der Waals surface area (Å²) in [6.45, 7) is 40.0. The number of hydrogen-bond acceptors (Lipinski definition) is 5. The SMILES string of the molecule is Cc1ccc2c(c1)[Si]1(c3cc(C)ccc3-2)c2ccccc2N(c2cc(C(C)(C)C)ccn2)c2cc(Oc3cccc(N4CN(c5c(-c6cccc(C(C)(C)C)c6)cc(C(C)(C)C)cc5-c5cc(C(C)(C)C)cc(C(C)(C)C)c5)c5ccccc54)c3)ccc21. The Hall–Kier alpha value is -8.45. The highest BCUT2D eigenvalue weighted by Crippen LogP contribution is 2.53. The maximum absolute atomic E-state index is 7.27. The molecule has 4 heterocycles. The molecule has 3 aliphatic heterocycles. The van der Waals surface area contributed by atoms with Gasteiger partial charge in [-0.1, -0.05) is 236 Å². The molecule has 444 valence electrons. The Labute approximate surface area is 525 Å². The molecule has 0 unspecified atom stereocenters. The number of aryl methyl sites for hydroxylation is 2. The molecule has 88 heavy (non-hydrogen) atoms. The number of pyridine rings is 1. The summed E-state index contributed by atoms with van der Waals surface area (Å²) in [5.41, 5.74) is 23.1. The van der Waals surface area contributed by atoms with Gasteiger partial charge in [0.05, 0.1) is 22.7 Å². The predicted octanol–water partition coefficient (Wildman–Crippen LogP) is 19.7. The maximum atomic E-state index is 7.27. The molecule has 0 fully saturated rings. The van der Waals surface area contributed by atoms with Crippen molar-refractivity contribution >= 4 is 68.8 Å². The average molecular weight is 1170 g/mol. The predicted molar refractivity (Wildman–Crippen MR) is 377 cm³/mol. The summed E-state index contributed by atoms with van der Waals surface area (Å²) in [6, 6.07) is 74.2. The second-order valence-corrected chi connectivity index (χ2v) is 34.1. The lowest BCUT2D eigenvalue weighted by Gasteiger charge is -2.43. The van der Waals surface area contributed by atoms with E-state index in [9.17, 15) is 0 Å². The highest BCUT2D eigenvalue weighted by atomic mass is 28.3. The molecule has 6 heteroatoms. The summed E-state index contributed by atoms with van der Waals surface area (Å²) in [4.78, 5) is 12.7. The van der Waals surface area contributed by atoms with E-state index in [4.69, 9.17) is 9.72 Å². The number of ether oxygens (including phenoxy) is 1. The number of para-hydroxylation sites is 3. The van der Waals surface area contributed by atoms with E-state index in [1.165, 1.54) is 98.8 Å². The van der Waals surface area contributed by atoms with Crippen molar-refractivity contribution in [1.29, 1.82) is 0 Å². The minimum absolute atomic E-state index is 0.0384. The van der Waals surface area contributed by atoms with Crippen molar-refractivity contribution in [2.24, 2.45) is 0 Å². The molecular formula is C82H86N4OSi. The van der Waals surface area contributed by atoms with Crippen LogP contribution in [0.25, 0.3) is 33.4 Å². The largest absolute Gasteiger partial charge is 0.457 e. The summed E-state index contributed by atoms with van der Waals surface area (Å²) >= 11 is 0. The second kappa shape index (κ2) is 20.8. The van der Waals surface area contributed by atoms with Crippen molar-refractivity contribution in [2.75, 3.05) is 21.4 Å². The first kappa shape index (κ1) is 58.6. The molecule has 0 aliphatic carbocycles. The van der Waals surface area contributed by atoms with E-state index in [1.54, 1.807) is 0 Å². The molecule has 13 rings (SSSR count). The Morgan fingerprint density at radius 2 is 0.875 bits per heavy atom. The van der Waals surface area contributed by atoms with Gasteiger partial charge in [-0.05, 0) is 172 Å². The lowest BCUT2D eigenvalue weighted by atomic mass is 9.77. The van der Waals surface area contributed by atoms with Crippen molar-refractivity contribution in [3.05, 3.63) is 239 Å². The van der Waals surface area contributed by atoms with Crippen LogP contribution in [0.4, 0.5) is 39.9 Å². The number of anilines is 7. The van der Waals surface area contributed by atoms with Crippen LogP contribution in [-0.4, -0.2) is 19.7 Å². The molecule has 1 aromatic heterocycles. The molecule has 0 bridgehead atoms. The summed E-state index contributed by atoms with van der Waals surface area (Å²) < 4.78 is 7.27. The van der Waals surface area contributed by atoms with Gasteiger partial charge in [-0.25, -0.2) is 4.98 Å². The Morgan fingerprint density at radius 1 is 0.364 bits per heavy atom. The molecule has 3 aliphatic rings. The van der Waals surface area contributed by atoms with Crippen LogP contribution < -0.4 is 40.2 Å². The van der Waals surface area contributed by atoms with Crippen molar-refractivity contribution < 1.29 is 4.74 Å². The lowest BCUT2D eigenvalue weighted by Crippen LogP contribution is -2.75. The van der Waals surface area contributed by atoms with Crippen molar-refractivity contribution in [2.45, 2.75) is 145 Å². The summed E-state index contributed by atoms with van der Waals surface area (Å²) in [5, 5.41) is 5.59. The first-order valence-electron chi connectivity index (χ1n) is 31.7. The third kappa shape index (κ3) is 10.1. The van der Waals surface area contributed by atoms with E-state index in [1.807, 2.05) is 6.20 Å². The van der Waals surface area contributed by atoms with Gasteiger partial charge in [-0.3, -0.25) is 4.90 Å². The van der Waals surface area contributed by atoms with Crippen LogP contribution in [0.3, 0.4) is 0 Å². The van der Waals surface area contributed by atoms with Crippen LogP contribution in [-0.2, 0) is 27.1 Å². The molecule has 0 atom stereocenters. The standard InChI is InChI=1S/C82H86N4OSi/c1-52-32-35-64-65-36-33-53(2)41-75(65)88(74(64)40-52)72-31-21-20-30-70(72)86(76-48-57(38-39-83-76)79(6,7)8)71-50-63(34-37-73(71)88)87-62-27-23-26-61(49-62)84-51-85(69-29-19-18-28-68(69)84)77-66(54-24-22-25-56(42-54)78(3,4)5)46-60(82(15,16)17)47-67(77)55-43-58(80(9,10)11)45-59(44-55)81(12,13)14/h18-50H,51H2,1-17H3. The van der Waals surface area contributed by atoms with Crippen molar-refractivity contribution in [1.82, 2.24) is 4.98 Å². The maximum Gasteiger partial charge on any atom is 0.185 e. The second-order valence-electron chi connectivity index (χ2n) is 30.4. The van der Waals surface area contributed by atoms with Gasteiger partial charge >= 0.3 is 0 Å². The quantitative estimate of drug-likeness (QED) is 0.149. The fourth-order valence-corrected chi connectivity index (χ4v) is 19.5. The van der Waals surface area contributed by atoms with Gasteiger partial charge in [0, 0.05) is 40.8 Å². The summed E-state index contributed by atoms with van der Waals surface area (Å²) in [6.07, 6.45) is 1.98. The molecule has 0 radical (unpaired) electrons. The van der Waals surface area contributed by atoms with Gasteiger partial charge in [0.2, 0.25) is 0 Å². The molecule has 0 N–H and O–H groups in total. The molecule has 10 aromatic rings. The zero-order valence-electron chi connectivity index (χ0n) is 55.0. The fraction of sp³-hybridized carbons (Fsp3) is 0.280. The first-order chi connectivity index (χ1) is 41.6. The fourth-order valence-electron chi connectivity index (χ4n) is 13.8. The van der Waals surface area contributed by atoms with Gasteiger partial charge in [0.1, 0.15) is 24.0 Å². The highest BCUT2D eigenvalue weighted by molar-refractivity contribution is 7.23. The van der Waals surface area contributed by atoms with Crippen LogP contribution in [0.2, 0.25) is 0 Å². The van der Waals surface area contributed by atoms with E-state index in [0.717, 1.165) is 45.8 Å². The lowest BCUT2D eigenvalue weighted by molar-refractivity contribution is 0.483. The number of hydrogen-bond donors (Lipinski definition) is 0. The van der Waals surface area contributed by atoms with E-state index < -0.39 is 8.07 Å². The van der Waals surface area contributed by atoms with Crippen LogP contribution in [0.1, 0.15) is 143 Å². The normalized spacial score (nSPS) is 14.4. The Kier molecular flexibility index (Phi) is 13.9. The minimum atomic E-state index is -2.93. The average Bonchev–Trinajstić information content (AvgIpc) is 1.42. The summed E-state index contributed by atoms with van der Waals surface area (Å²) in [7, 11) is -2.93. The van der Waals surface area contributed by atoms with E-state index in [0.29, 0.717) is 6.67 Å². The zero-order valence-corrected chi connectivity index (χ0v) is 56.0. The Morgan fingerprint density at radius 3 is 1.49 bits per heavy atom. The first-order valence-corrected chi connectivity index (χ1v) is 33.7. The van der Waals surface area contributed by atoms with Crippen LogP contribution >= 0.6 is 0 Å². The minimum Gasteiger partial charge on any atom is -0.457 e. The molecule has 1 spiro atoms. The molecule has 9 aromatic carbocycles. The Bertz CT molecular complexity index is 4330. The zero-order chi connectivity index (χ0) is 62.2. The van der Waals surface area contributed by atoms with Crippen molar-refractivity contribution in [3.63, 3.8) is 0 Å². The van der Waals surface area contributed by atoms with E-state index in [-0.39, 0.29) is 27.1 Å². The molecular weight excluding hydrogens is 1090 g/mol.